The molecule has 0 aliphatic rings. The lowest BCUT2D eigenvalue weighted by molar-refractivity contribution is -0.146. The van der Waals surface area contributed by atoms with Crippen LogP contribution in [0.4, 0.5) is 0 Å². The number of nitrogens with zero attached hydrogens (tertiary/aromatic N) is 1. The molecule has 1 aromatic heterocycles. The molecule has 0 spiro atoms. The summed E-state index contributed by atoms with van der Waals surface area (Å²) in [4.78, 5) is 28.7. The average molecular weight is 380 g/mol. The van der Waals surface area contributed by atoms with Crippen LogP contribution in [0.5, 0.6) is 0 Å². The molecule has 0 radical (unpaired) electrons. The molecule has 0 bridgehead atoms. The van der Waals surface area contributed by atoms with Crippen LogP contribution in [0.1, 0.15) is 28.5 Å². The van der Waals surface area contributed by atoms with E-state index in [4.69, 9.17) is 4.74 Å². The Morgan fingerprint density at radius 3 is 2.52 bits per heavy atom. The predicted octanol–water partition coefficient (Wildman–Crippen LogP) is 3.98. The second kappa shape index (κ2) is 8.60. The normalized spacial score (nSPS) is 11.6. The number of hydrogen-bond acceptors (Lipinski definition) is 5. The van der Waals surface area contributed by atoms with Crippen LogP contribution >= 0.6 is 11.3 Å². The van der Waals surface area contributed by atoms with Gasteiger partial charge in [0.1, 0.15) is 17.7 Å². The Kier molecular flexibility index (Phi) is 5.98. The van der Waals surface area contributed by atoms with Gasteiger partial charge in [-0.1, -0.05) is 48.0 Å². The summed E-state index contributed by atoms with van der Waals surface area (Å²) in [5, 5.41) is 5.39. The van der Waals surface area contributed by atoms with E-state index < -0.39 is 12.0 Å². The zero-order valence-corrected chi connectivity index (χ0v) is 16.0. The zero-order chi connectivity index (χ0) is 19.2. The zero-order valence-electron chi connectivity index (χ0n) is 15.1. The third-order valence-electron chi connectivity index (χ3n) is 3.95. The number of benzene rings is 2. The summed E-state index contributed by atoms with van der Waals surface area (Å²) in [7, 11) is 0. The van der Waals surface area contributed by atoms with E-state index in [-0.39, 0.29) is 12.5 Å². The average Bonchev–Trinajstić information content (AvgIpc) is 3.16. The molecule has 3 aromatic rings. The van der Waals surface area contributed by atoms with Crippen LogP contribution in [0.3, 0.4) is 0 Å². The second-order valence-electron chi connectivity index (χ2n) is 6.18. The summed E-state index contributed by atoms with van der Waals surface area (Å²) in [6.45, 7) is 3.71. The van der Waals surface area contributed by atoms with Crippen LogP contribution in [0.2, 0.25) is 0 Å². The molecule has 0 saturated heterocycles. The van der Waals surface area contributed by atoms with Crippen LogP contribution in [-0.2, 0) is 16.1 Å². The maximum Gasteiger partial charge on any atom is 0.328 e. The number of amides is 1. The van der Waals surface area contributed by atoms with Gasteiger partial charge >= 0.3 is 5.97 Å². The van der Waals surface area contributed by atoms with Crippen LogP contribution in [0, 0.1) is 6.92 Å². The quantitative estimate of drug-likeness (QED) is 0.657. The first-order valence-corrected chi connectivity index (χ1v) is 9.45. The summed E-state index contributed by atoms with van der Waals surface area (Å²) in [5.41, 5.74) is 3.41. The molecule has 27 heavy (non-hydrogen) atoms. The van der Waals surface area contributed by atoms with E-state index in [0.29, 0.717) is 11.3 Å². The Morgan fingerprint density at radius 2 is 1.81 bits per heavy atom. The standard InChI is InChI=1S/C21H20N2O3S/c1-14-8-10-17(11-9-14)20-23-18(13-27-20)12-26-21(25)15(2)22-19(24)16-6-4-3-5-7-16/h3-11,13,15H,12H2,1-2H3,(H,22,24)/t15-/m0/s1. The molecule has 138 valence electrons. The maximum absolute atomic E-state index is 12.1. The Hall–Kier alpha value is -2.99. The number of carbonyl (C=O) groups excluding carboxylic acids is 2. The first-order chi connectivity index (χ1) is 13.0. The summed E-state index contributed by atoms with van der Waals surface area (Å²) in [6, 6.07) is 16.1. The third-order valence-corrected chi connectivity index (χ3v) is 4.89. The Balaban J connectivity index is 1.53. The van der Waals surface area contributed by atoms with Crippen molar-refractivity contribution < 1.29 is 14.3 Å². The number of carbonyl (C=O) groups is 2. The van der Waals surface area contributed by atoms with Crippen LogP contribution < -0.4 is 5.32 Å². The largest absolute Gasteiger partial charge is 0.458 e. The van der Waals surface area contributed by atoms with E-state index in [1.807, 2.05) is 42.6 Å². The molecule has 0 aliphatic carbocycles. The number of hydrogen-bond donors (Lipinski definition) is 1. The molecule has 0 fully saturated rings. The Bertz CT molecular complexity index is 920. The molecule has 6 heteroatoms. The van der Waals surface area contributed by atoms with Gasteiger partial charge in [0.15, 0.2) is 0 Å². The lowest BCUT2D eigenvalue weighted by atomic mass is 10.2. The molecule has 5 nitrogen and oxygen atoms in total. The molecule has 1 atom stereocenters. The molecular weight excluding hydrogens is 360 g/mol. The summed E-state index contributed by atoms with van der Waals surface area (Å²) in [5.74, 6) is -0.806. The highest BCUT2D eigenvalue weighted by atomic mass is 32.1. The van der Waals surface area contributed by atoms with Gasteiger partial charge in [-0.05, 0) is 26.0 Å². The van der Waals surface area contributed by atoms with Crippen molar-refractivity contribution in [2.24, 2.45) is 0 Å². The highest BCUT2D eigenvalue weighted by Gasteiger charge is 2.18. The predicted molar refractivity (Wildman–Crippen MR) is 105 cm³/mol. The topological polar surface area (TPSA) is 68.3 Å². The van der Waals surface area contributed by atoms with Gasteiger partial charge in [-0.2, -0.15) is 0 Å². The second-order valence-corrected chi connectivity index (χ2v) is 7.04. The number of thiazole rings is 1. The summed E-state index contributed by atoms with van der Waals surface area (Å²) < 4.78 is 5.29. The fourth-order valence-corrected chi connectivity index (χ4v) is 3.21. The van der Waals surface area contributed by atoms with Crippen molar-refractivity contribution in [2.75, 3.05) is 0 Å². The van der Waals surface area contributed by atoms with Crippen LogP contribution in [0.15, 0.2) is 60.0 Å². The smallest absolute Gasteiger partial charge is 0.328 e. The van der Waals surface area contributed by atoms with E-state index in [1.54, 1.807) is 31.2 Å². The molecular formula is C21H20N2O3S. The van der Waals surface area contributed by atoms with Crippen LogP contribution in [0.25, 0.3) is 10.6 Å². The number of nitrogens with one attached hydrogen (secondary N) is 1. The number of aromatic nitrogens is 1. The Morgan fingerprint density at radius 1 is 1.11 bits per heavy atom. The fourth-order valence-electron chi connectivity index (χ4n) is 2.40. The van der Waals surface area contributed by atoms with Gasteiger partial charge in [-0.15, -0.1) is 11.3 Å². The van der Waals surface area contributed by atoms with Gasteiger partial charge < -0.3 is 10.1 Å². The highest BCUT2D eigenvalue weighted by molar-refractivity contribution is 7.13. The third kappa shape index (κ3) is 5.01. The maximum atomic E-state index is 12.1. The SMILES string of the molecule is Cc1ccc(-c2nc(COC(=O)[C@H](C)NC(=O)c3ccccc3)cs2)cc1. The van der Waals surface area contributed by atoms with E-state index in [0.717, 1.165) is 10.6 Å². The molecule has 0 saturated carbocycles. The number of esters is 1. The molecule has 0 unspecified atom stereocenters. The molecule has 2 aromatic carbocycles. The molecule has 3 rings (SSSR count). The van der Waals surface area contributed by atoms with E-state index >= 15 is 0 Å². The van der Waals surface area contributed by atoms with E-state index in [9.17, 15) is 9.59 Å². The fraction of sp³-hybridized carbons (Fsp3) is 0.190. The summed E-state index contributed by atoms with van der Waals surface area (Å²) in [6.07, 6.45) is 0. The van der Waals surface area contributed by atoms with Crippen molar-refractivity contribution in [3.63, 3.8) is 0 Å². The molecule has 1 amide bonds. The van der Waals surface area contributed by atoms with Crippen molar-refractivity contribution in [1.29, 1.82) is 0 Å². The van der Waals surface area contributed by atoms with Gasteiger partial charge in [-0.3, -0.25) is 4.79 Å². The van der Waals surface area contributed by atoms with E-state index in [2.05, 4.69) is 10.3 Å². The first kappa shape index (κ1) is 18.8. The van der Waals surface area contributed by atoms with Crippen molar-refractivity contribution >= 4 is 23.2 Å². The van der Waals surface area contributed by atoms with Gasteiger partial charge in [0, 0.05) is 16.5 Å². The first-order valence-electron chi connectivity index (χ1n) is 8.57. The van der Waals surface area contributed by atoms with Crippen molar-refractivity contribution in [1.82, 2.24) is 10.3 Å². The number of rotatable bonds is 6. The molecule has 1 N–H and O–H groups in total. The lowest BCUT2D eigenvalue weighted by Crippen LogP contribution is -2.39. The molecule has 1 heterocycles. The lowest BCUT2D eigenvalue weighted by Gasteiger charge is -2.13. The highest BCUT2D eigenvalue weighted by Crippen LogP contribution is 2.24. The summed E-state index contributed by atoms with van der Waals surface area (Å²) >= 11 is 1.50. The van der Waals surface area contributed by atoms with Crippen molar-refractivity contribution in [3.05, 3.63) is 76.8 Å². The monoisotopic (exact) mass is 380 g/mol. The number of ether oxygens (including phenoxy) is 1. The minimum Gasteiger partial charge on any atom is -0.458 e. The van der Waals surface area contributed by atoms with Crippen molar-refractivity contribution in [2.45, 2.75) is 26.5 Å². The van der Waals surface area contributed by atoms with Crippen LogP contribution in [-0.4, -0.2) is 22.9 Å². The van der Waals surface area contributed by atoms with Gasteiger partial charge in [-0.25, -0.2) is 9.78 Å². The van der Waals surface area contributed by atoms with Gasteiger partial charge in [0.05, 0.1) is 5.69 Å². The number of aryl methyl sites for hydroxylation is 1. The minimum atomic E-state index is -0.743. The van der Waals surface area contributed by atoms with Gasteiger partial charge in [0.25, 0.3) is 5.91 Å². The molecule has 0 aliphatic heterocycles. The van der Waals surface area contributed by atoms with Gasteiger partial charge in [0.2, 0.25) is 0 Å². The van der Waals surface area contributed by atoms with E-state index in [1.165, 1.54) is 16.9 Å². The minimum absolute atomic E-state index is 0.0761. The Labute approximate surface area is 162 Å². The van der Waals surface area contributed by atoms with Crippen molar-refractivity contribution in [3.8, 4) is 10.6 Å².